The second kappa shape index (κ2) is 7.79. The van der Waals surface area contributed by atoms with Gasteiger partial charge in [0.25, 0.3) is 5.91 Å². The van der Waals surface area contributed by atoms with E-state index in [1.54, 1.807) is 24.4 Å². The van der Waals surface area contributed by atoms with Gasteiger partial charge in [0.1, 0.15) is 0 Å². The van der Waals surface area contributed by atoms with Crippen molar-refractivity contribution >= 4 is 12.1 Å². The van der Waals surface area contributed by atoms with E-state index in [4.69, 9.17) is 9.47 Å². The largest absolute Gasteiger partial charge is 0.454 e. The Bertz CT molecular complexity index is 1080. The fourth-order valence-corrected chi connectivity index (χ4v) is 3.18. The molecule has 0 bridgehead atoms. The van der Waals surface area contributed by atoms with Crippen molar-refractivity contribution < 1.29 is 14.3 Å². The van der Waals surface area contributed by atoms with Crippen molar-refractivity contribution in [3.8, 4) is 11.5 Å². The SMILES string of the molecule is Cc1ccc(Cn2nc(C)c(C=NNC(=O)c3ccc4c(c3)OCO4)c2C)cc1. The van der Waals surface area contributed by atoms with E-state index in [2.05, 4.69) is 46.8 Å². The molecular weight excluding hydrogens is 368 g/mol. The molecule has 0 radical (unpaired) electrons. The molecule has 4 rings (SSSR count). The summed E-state index contributed by atoms with van der Waals surface area (Å²) < 4.78 is 12.5. The Labute approximate surface area is 169 Å². The molecule has 1 amide bonds. The monoisotopic (exact) mass is 390 g/mol. The lowest BCUT2D eigenvalue weighted by Crippen LogP contribution is -2.17. The van der Waals surface area contributed by atoms with Crippen LogP contribution in [0, 0.1) is 20.8 Å². The van der Waals surface area contributed by atoms with E-state index in [1.165, 1.54) is 11.1 Å². The number of amides is 1. The summed E-state index contributed by atoms with van der Waals surface area (Å²) in [5.41, 5.74) is 8.16. The summed E-state index contributed by atoms with van der Waals surface area (Å²) in [6, 6.07) is 13.4. The average molecular weight is 390 g/mol. The minimum absolute atomic E-state index is 0.170. The van der Waals surface area contributed by atoms with Gasteiger partial charge in [-0.1, -0.05) is 29.8 Å². The van der Waals surface area contributed by atoms with E-state index in [0.717, 1.165) is 17.0 Å². The van der Waals surface area contributed by atoms with Crippen LogP contribution in [0.5, 0.6) is 11.5 Å². The highest BCUT2D eigenvalue weighted by Crippen LogP contribution is 2.32. The van der Waals surface area contributed by atoms with Crippen LogP contribution in [-0.4, -0.2) is 28.7 Å². The average Bonchev–Trinajstić information content (AvgIpc) is 3.28. The summed E-state index contributed by atoms with van der Waals surface area (Å²) in [6.45, 7) is 6.85. The predicted molar refractivity (Wildman–Crippen MR) is 110 cm³/mol. The van der Waals surface area contributed by atoms with Crippen LogP contribution in [0.4, 0.5) is 0 Å². The lowest BCUT2D eigenvalue weighted by molar-refractivity contribution is 0.0954. The number of hydrogen-bond donors (Lipinski definition) is 1. The van der Waals surface area contributed by atoms with E-state index in [9.17, 15) is 4.79 Å². The quantitative estimate of drug-likeness (QED) is 0.535. The number of ether oxygens (including phenoxy) is 2. The molecule has 2 heterocycles. The van der Waals surface area contributed by atoms with Gasteiger partial charge >= 0.3 is 0 Å². The van der Waals surface area contributed by atoms with Gasteiger partial charge in [-0.05, 0) is 44.5 Å². The Morgan fingerprint density at radius 3 is 2.69 bits per heavy atom. The Balaban J connectivity index is 1.45. The van der Waals surface area contributed by atoms with Crippen molar-refractivity contribution in [2.24, 2.45) is 5.10 Å². The maximum Gasteiger partial charge on any atom is 0.271 e. The first kappa shape index (κ1) is 18.7. The van der Waals surface area contributed by atoms with Crippen molar-refractivity contribution in [2.45, 2.75) is 27.3 Å². The van der Waals surface area contributed by atoms with Crippen molar-refractivity contribution in [1.82, 2.24) is 15.2 Å². The van der Waals surface area contributed by atoms with Crippen molar-refractivity contribution in [2.75, 3.05) is 6.79 Å². The van der Waals surface area contributed by atoms with Crippen molar-refractivity contribution in [3.05, 3.63) is 76.1 Å². The van der Waals surface area contributed by atoms with Gasteiger partial charge in [0.2, 0.25) is 6.79 Å². The fourth-order valence-electron chi connectivity index (χ4n) is 3.18. The second-order valence-electron chi connectivity index (χ2n) is 6.99. The smallest absolute Gasteiger partial charge is 0.271 e. The summed E-state index contributed by atoms with van der Waals surface area (Å²) >= 11 is 0. The van der Waals surface area contributed by atoms with Gasteiger partial charge < -0.3 is 9.47 Å². The van der Waals surface area contributed by atoms with Crippen molar-refractivity contribution in [3.63, 3.8) is 0 Å². The van der Waals surface area contributed by atoms with Crippen LogP contribution in [0.15, 0.2) is 47.6 Å². The molecule has 1 N–H and O–H groups in total. The Morgan fingerprint density at radius 1 is 1.14 bits per heavy atom. The molecule has 0 spiro atoms. The molecule has 0 fully saturated rings. The first-order valence-electron chi connectivity index (χ1n) is 9.34. The van der Waals surface area contributed by atoms with E-state index in [0.29, 0.717) is 23.6 Å². The number of aromatic nitrogens is 2. The van der Waals surface area contributed by atoms with Gasteiger partial charge in [0.05, 0.1) is 18.5 Å². The van der Waals surface area contributed by atoms with Crippen LogP contribution in [0.3, 0.4) is 0 Å². The topological polar surface area (TPSA) is 77.7 Å². The third-order valence-corrected chi connectivity index (χ3v) is 4.88. The minimum atomic E-state index is -0.318. The molecule has 7 nitrogen and oxygen atoms in total. The molecule has 7 heteroatoms. The van der Waals surface area contributed by atoms with Gasteiger partial charge in [-0.25, -0.2) is 5.43 Å². The molecule has 0 aliphatic carbocycles. The van der Waals surface area contributed by atoms with E-state index in [-0.39, 0.29) is 12.7 Å². The molecular formula is C22H22N4O3. The standard InChI is InChI=1S/C22H22N4O3/c1-14-4-6-17(7-5-14)12-26-16(3)19(15(2)25-26)11-23-24-22(27)18-8-9-20-21(10-18)29-13-28-20/h4-11H,12-13H2,1-3H3,(H,24,27). The molecule has 0 saturated heterocycles. The molecule has 3 aromatic rings. The zero-order valence-electron chi connectivity index (χ0n) is 16.6. The van der Waals surface area contributed by atoms with E-state index >= 15 is 0 Å². The van der Waals surface area contributed by atoms with Crippen molar-refractivity contribution in [1.29, 1.82) is 0 Å². The Hall–Kier alpha value is -3.61. The molecule has 148 valence electrons. The number of hydrazone groups is 1. The lowest BCUT2D eigenvalue weighted by atomic mass is 10.1. The fraction of sp³-hybridized carbons (Fsp3) is 0.227. The first-order chi connectivity index (χ1) is 14.0. The number of nitrogens with one attached hydrogen (secondary N) is 1. The number of carbonyl (C=O) groups excluding carboxylic acids is 1. The van der Waals surface area contributed by atoms with Gasteiger partial charge in [-0.15, -0.1) is 0 Å². The molecule has 2 aromatic carbocycles. The molecule has 1 aliphatic rings. The predicted octanol–water partition coefficient (Wildman–Crippen LogP) is 3.35. The molecule has 1 aromatic heterocycles. The molecule has 29 heavy (non-hydrogen) atoms. The van der Waals surface area contributed by atoms with Gasteiger partial charge in [0, 0.05) is 16.8 Å². The minimum Gasteiger partial charge on any atom is -0.454 e. The maximum absolute atomic E-state index is 12.3. The number of carbonyl (C=O) groups is 1. The molecule has 1 aliphatic heterocycles. The summed E-state index contributed by atoms with van der Waals surface area (Å²) in [5.74, 6) is 0.880. The van der Waals surface area contributed by atoms with Gasteiger partial charge in [-0.2, -0.15) is 10.2 Å². The van der Waals surface area contributed by atoms with Gasteiger partial charge in [-0.3, -0.25) is 9.48 Å². The van der Waals surface area contributed by atoms with Crippen LogP contribution in [-0.2, 0) is 6.54 Å². The van der Waals surface area contributed by atoms with Crippen LogP contribution < -0.4 is 14.9 Å². The maximum atomic E-state index is 12.3. The summed E-state index contributed by atoms with van der Waals surface area (Å²) in [4.78, 5) is 12.3. The summed E-state index contributed by atoms with van der Waals surface area (Å²) in [5, 5.41) is 8.72. The first-order valence-corrected chi connectivity index (χ1v) is 9.34. The van der Waals surface area contributed by atoms with Gasteiger partial charge in [0.15, 0.2) is 11.5 Å². The number of aryl methyl sites for hydroxylation is 2. The van der Waals surface area contributed by atoms with E-state index in [1.807, 2.05) is 18.5 Å². The highest BCUT2D eigenvalue weighted by atomic mass is 16.7. The number of hydrogen-bond acceptors (Lipinski definition) is 5. The number of fused-ring (bicyclic) bond motifs is 1. The second-order valence-corrected chi connectivity index (χ2v) is 6.99. The number of nitrogens with zero attached hydrogens (tertiary/aromatic N) is 3. The summed E-state index contributed by atoms with van der Waals surface area (Å²) in [7, 11) is 0. The number of rotatable bonds is 5. The molecule has 0 unspecified atom stereocenters. The summed E-state index contributed by atoms with van der Waals surface area (Å²) in [6.07, 6.45) is 1.63. The zero-order valence-corrected chi connectivity index (χ0v) is 16.6. The van der Waals surface area contributed by atoms with Crippen LogP contribution in [0.1, 0.15) is 38.4 Å². The third-order valence-electron chi connectivity index (χ3n) is 4.88. The number of benzene rings is 2. The third kappa shape index (κ3) is 3.99. The lowest BCUT2D eigenvalue weighted by Gasteiger charge is -2.05. The normalized spacial score (nSPS) is 12.5. The highest BCUT2D eigenvalue weighted by Gasteiger charge is 2.16. The van der Waals surface area contributed by atoms with E-state index < -0.39 is 0 Å². The molecule has 0 atom stereocenters. The van der Waals surface area contributed by atoms with Crippen LogP contribution in [0.25, 0.3) is 0 Å². The van der Waals surface area contributed by atoms with Crippen LogP contribution >= 0.6 is 0 Å². The Kier molecular flexibility index (Phi) is 5.03. The van der Waals surface area contributed by atoms with Crippen LogP contribution in [0.2, 0.25) is 0 Å². The Morgan fingerprint density at radius 2 is 1.90 bits per heavy atom. The molecule has 0 saturated carbocycles. The highest BCUT2D eigenvalue weighted by molar-refractivity contribution is 5.95. The zero-order chi connectivity index (χ0) is 20.4.